The standard InChI is InChI=1S/C27H30O3/c1-16-19-9-7-17(13-21(19)24(30-6)15-20(16)25(28)29)18-8-10-22-23(14-18)27(4,5)12-11-26(22,2)3/h7-10,13-15H,11-12H2,1-6H3,(H,28,29). The van der Waals surface area contributed by atoms with Gasteiger partial charge in [-0.15, -0.1) is 0 Å². The minimum Gasteiger partial charge on any atom is -0.496 e. The second-order valence-electron chi connectivity index (χ2n) is 9.85. The Balaban J connectivity index is 1.91. The Morgan fingerprint density at radius 3 is 2.10 bits per heavy atom. The minimum absolute atomic E-state index is 0.155. The Morgan fingerprint density at radius 1 is 0.867 bits per heavy atom. The summed E-state index contributed by atoms with van der Waals surface area (Å²) in [6.45, 7) is 11.2. The summed E-state index contributed by atoms with van der Waals surface area (Å²) in [6, 6.07) is 14.7. The lowest BCUT2D eigenvalue weighted by atomic mass is 9.63. The Hall–Kier alpha value is -2.81. The van der Waals surface area contributed by atoms with Gasteiger partial charge in [0.1, 0.15) is 5.75 Å². The molecule has 0 bridgehead atoms. The van der Waals surface area contributed by atoms with Gasteiger partial charge >= 0.3 is 5.97 Å². The molecule has 0 aromatic heterocycles. The largest absolute Gasteiger partial charge is 0.496 e. The third-order valence-corrected chi connectivity index (χ3v) is 7.00. The molecule has 0 spiro atoms. The number of benzene rings is 3. The quantitative estimate of drug-likeness (QED) is 0.520. The van der Waals surface area contributed by atoms with Crippen molar-refractivity contribution >= 4 is 16.7 Å². The average Bonchev–Trinajstić information content (AvgIpc) is 2.71. The van der Waals surface area contributed by atoms with Crippen molar-refractivity contribution in [2.45, 2.75) is 58.3 Å². The number of aryl methyl sites for hydroxylation is 1. The van der Waals surface area contributed by atoms with Gasteiger partial charge in [0.25, 0.3) is 0 Å². The lowest BCUT2D eigenvalue weighted by Crippen LogP contribution is -2.33. The van der Waals surface area contributed by atoms with Crippen molar-refractivity contribution in [1.29, 1.82) is 0 Å². The highest BCUT2D eigenvalue weighted by molar-refractivity contribution is 6.02. The molecule has 0 radical (unpaired) electrons. The van der Waals surface area contributed by atoms with Crippen LogP contribution in [-0.4, -0.2) is 18.2 Å². The fraction of sp³-hybridized carbons (Fsp3) is 0.370. The van der Waals surface area contributed by atoms with Crippen LogP contribution < -0.4 is 4.74 Å². The molecule has 30 heavy (non-hydrogen) atoms. The van der Waals surface area contributed by atoms with Crippen LogP contribution in [0.1, 0.15) is 67.6 Å². The molecule has 3 aromatic rings. The Bertz CT molecular complexity index is 1170. The van der Waals surface area contributed by atoms with Gasteiger partial charge in [0.15, 0.2) is 0 Å². The smallest absolute Gasteiger partial charge is 0.336 e. The van der Waals surface area contributed by atoms with Crippen LogP contribution in [0.2, 0.25) is 0 Å². The summed E-state index contributed by atoms with van der Waals surface area (Å²) in [6.07, 6.45) is 2.38. The number of carboxylic acid groups (broad SMARTS) is 1. The number of hydrogen-bond acceptors (Lipinski definition) is 2. The molecule has 1 aliphatic carbocycles. The van der Waals surface area contributed by atoms with Crippen LogP contribution in [0.4, 0.5) is 0 Å². The van der Waals surface area contributed by atoms with E-state index in [9.17, 15) is 9.90 Å². The van der Waals surface area contributed by atoms with E-state index in [1.165, 1.54) is 29.5 Å². The van der Waals surface area contributed by atoms with Gasteiger partial charge in [0.2, 0.25) is 0 Å². The number of hydrogen-bond donors (Lipinski definition) is 1. The van der Waals surface area contributed by atoms with Crippen molar-refractivity contribution in [3.63, 3.8) is 0 Å². The highest BCUT2D eigenvalue weighted by Crippen LogP contribution is 2.47. The first-order valence-corrected chi connectivity index (χ1v) is 10.6. The van der Waals surface area contributed by atoms with Gasteiger partial charge in [-0.3, -0.25) is 0 Å². The molecule has 0 saturated carbocycles. The molecule has 0 fully saturated rings. The maximum absolute atomic E-state index is 11.6. The average molecular weight is 403 g/mol. The molecule has 0 atom stereocenters. The van der Waals surface area contributed by atoms with Crippen LogP contribution >= 0.6 is 0 Å². The monoisotopic (exact) mass is 402 g/mol. The van der Waals surface area contributed by atoms with Crippen molar-refractivity contribution in [3.8, 4) is 16.9 Å². The molecule has 1 aliphatic rings. The molecule has 3 nitrogen and oxygen atoms in total. The van der Waals surface area contributed by atoms with Crippen molar-refractivity contribution in [2.24, 2.45) is 0 Å². The summed E-state index contributed by atoms with van der Waals surface area (Å²) >= 11 is 0. The van der Waals surface area contributed by atoms with Crippen LogP contribution in [0.15, 0.2) is 42.5 Å². The first-order chi connectivity index (χ1) is 14.0. The summed E-state index contributed by atoms with van der Waals surface area (Å²) in [5, 5.41) is 11.4. The van der Waals surface area contributed by atoms with Gasteiger partial charge in [-0.1, -0.05) is 58.0 Å². The molecule has 156 valence electrons. The molecule has 0 aliphatic heterocycles. The summed E-state index contributed by atoms with van der Waals surface area (Å²) in [5.41, 5.74) is 6.57. The number of rotatable bonds is 3. The summed E-state index contributed by atoms with van der Waals surface area (Å²) in [7, 11) is 1.59. The molecule has 3 heteroatoms. The van der Waals surface area contributed by atoms with Gasteiger partial charge in [0.05, 0.1) is 12.7 Å². The topological polar surface area (TPSA) is 46.5 Å². The predicted octanol–water partition coefficient (Wildman–Crippen LogP) is 6.87. The Morgan fingerprint density at radius 2 is 1.47 bits per heavy atom. The summed E-state index contributed by atoms with van der Waals surface area (Å²) in [5.74, 6) is -0.342. The fourth-order valence-corrected chi connectivity index (χ4v) is 4.88. The van der Waals surface area contributed by atoms with Crippen LogP contribution in [0, 0.1) is 6.92 Å². The van der Waals surface area contributed by atoms with Gasteiger partial charge in [0, 0.05) is 5.39 Å². The molecule has 0 amide bonds. The van der Waals surface area contributed by atoms with Crippen molar-refractivity contribution in [3.05, 3.63) is 64.7 Å². The zero-order valence-corrected chi connectivity index (χ0v) is 18.7. The van der Waals surface area contributed by atoms with E-state index in [-0.39, 0.29) is 16.4 Å². The van der Waals surface area contributed by atoms with Crippen LogP contribution in [-0.2, 0) is 10.8 Å². The first-order valence-electron chi connectivity index (χ1n) is 10.6. The molecule has 4 rings (SSSR count). The van der Waals surface area contributed by atoms with Crippen molar-refractivity contribution in [2.75, 3.05) is 7.11 Å². The van der Waals surface area contributed by atoms with Crippen molar-refractivity contribution in [1.82, 2.24) is 0 Å². The van der Waals surface area contributed by atoms with Crippen LogP contribution in [0.5, 0.6) is 5.75 Å². The maximum Gasteiger partial charge on any atom is 0.336 e. The minimum atomic E-state index is -0.934. The number of carboxylic acids is 1. The van der Waals surface area contributed by atoms with Gasteiger partial charge in [-0.05, 0) is 75.9 Å². The highest BCUT2D eigenvalue weighted by atomic mass is 16.5. The summed E-state index contributed by atoms with van der Waals surface area (Å²) in [4.78, 5) is 11.6. The van der Waals surface area contributed by atoms with E-state index in [2.05, 4.69) is 58.0 Å². The molecule has 0 unspecified atom stereocenters. The van der Waals surface area contributed by atoms with Crippen molar-refractivity contribution < 1.29 is 14.6 Å². The van der Waals surface area contributed by atoms with Crippen LogP contribution in [0.3, 0.4) is 0 Å². The molecule has 1 N–H and O–H groups in total. The van der Waals surface area contributed by atoms with E-state index in [0.29, 0.717) is 5.75 Å². The van der Waals surface area contributed by atoms with Gasteiger partial charge in [-0.25, -0.2) is 4.79 Å². The van der Waals surface area contributed by atoms with Crippen LogP contribution in [0.25, 0.3) is 21.9 Å². The lowest BCUT2D eigenvalue weighted by molar-refractivity contribution is 0.0696. The third kappa shape index (κ3) is 3.17. The number of fused-ring (bicyclic) bond motifs is 2. The molecular weight excluding hydrogens is 372 g/mol. The van der Waals surface area contributed by atoms with E-state index in [1.807, 2.05) is 13.0 Å². The zero-order valence-electron chi connectivity index (χ0n) is 18.7. The number of methoxy groups -OCH3 is 1. The second kappa shape index (κ2) is 6.87. The lowest BCUT2D eigenvalue weighted by Gasteiger charge is -2.42. The van der Waals surface area contributed by atoms with Gasteiger partial charge in [-0.2, -0.15) is 0 Å². The van der Waals surface area contributed by atoms with Gasteiger partial charge < -0.3 is 9.84 Å². The normalized spacial score (nSPS) is 16.9. The SMILES string of the molecule is COc1cc(C(=O)O)c(C)c2ccc(-c3ccc4c(c3)C(C)(C)CCC4(C)C)cc12. The Labute approximate surface area is 178 Å². The van der Waals surface area contributed by atoms with E-state index in [0.717, 1.165) is 21.9 Å². The maximum atomic E-state index is 11.6. The summed E-state index contributed by atoms with van der Waals surface area (Å²) < 4.78 is 5.55. The van der Waals surface area contributed by atoms with E-state index in [4.69, 9.17) is 4.74 Å². The fourth-order valence-electron chi connectivity index (χ4n) is 4.88. The first kappa shape index (κ1) is 20.5. The van der Waals surface area contributed by atoms with E-state index >= 15 is 0 Å². The Kier molecular flexibility index (Phi) is 4.68. The third-order valence-electron chi connectivity index (χ3n) is 7.00. The number of aromatic carboxylic acids is 1. The zero-order chi connectivity index (χ0) is 21.8. The number of carbonyl (C=O) groups is 1. The van der Waals surface area contributed by atoms with E-state index in [1.54, 1.807) is 13.2 Å². The molecule has 3 aromatic carbocycles. The number of ether oxygens (including phenoxy) is 1. The molecule has 0 saturated heterocycles. The molecular formula is C27H30O3. The molecule has 0 heterocycles. The van der Waals surface area contributed by atoms with E-state index < -0.39 is 5.97 Å². The highest BCUT2D eigenvalue weighted by Gasteiger charge is 2.37. The second-order valence-corrected chi connectivity index (χ2v) is 9.85. The predicted molar refractivity (Wildman–Crippen MR) is 123 cm³/mol.